The molecule has 0 aromatic heterocycles. The predicted octanol–water partition coefficient (Wildman–Crippen LogP) is 3.31. The van der Waals surface area contributed by atoms with Crippen LogP contribution in [0.4, 0.5) is 5.69 Å². The van der Waals surface area contributed by atoms with E-state index in [1.54, 1.807) is 28.4 Å². The SMILES string of the molecule is CN=C(NCCCOCc1ccc(OC)cc1)Nc1ccc(OC)c(OC)c1. The summed E-state index contributed by atoms with van der Waals surface area (Å²) in [6.45, 7) is 1.99. The van der Waals surface area contributed by atoms with Gasteiger partial charge in [0.1, 0.15) is 5.75 Å². The Morgan fingerprint density at radius 1 is 0.929 bits per heavy atom. The number of methoxy groups -OCH3 is 3. The summed E-state index contributed by atoms with van der Waals surface area (Å²) in [7, 11) is 6.62. The summed E-state index contributed by atoms with van der Waals surface area (Å²) in [5.41, 5.74) is 1.99. The number of ether oxygens (including phenoxy) is 4. The normalized spacial score (nSPS) is 11.1. The lowest BCUT2D eigenvalue weighted by Gasteiger charge is -2.14. The largest absolute Gasteiger partial charge is 0.497 e. The molecule has 0 atom stereocenters. The number of anilines is 1. The first-order valence-corrected chi connectivity index (χ1v) is 9.10. The molecule has 2 rings (SSSR count). The second-order valence-electron chi connectivity index (χ2n) is 5.95. The van der Waals surface area contributed by atoms with Gasteiger partial charge in [0.15, 0.2) is 17.5 Å². The van der Waals surface area contributed by atoms with Crippen molar-refractivity contribution in [2.75, 3.05) is 46.8 Å². The van der Waals surface area contributed by atoms with Gasteiger partial charge in [-0.3, -0.25) is 4.99 Å². The third kappa shape index (κ3) is 6.66. The van der Waals surface area contributed by atoms with E-state index in [4.69, 9.17) is 18.9 Å². The van der Waals surface area contributed by atoms with Gasteiger partial charge in [-0.1, -0.05) is 12.1 Å². The highest BCUT2D eigenvalue weighted by molar-refractivity contribution is 5.93. The molecule has 0 aliphatic rings. The topological polar surface area (TPSA) is 73.3 Å². The van der Waals surface area contributed by atoms with Gasteiger partial charge < -0.3 is 29.6 Å². The Morgan fingerprint density at radius 3 is 2.32 bits per heavy atom. The lowest BCUT2D eigenvalue weighted by atomic mass is 10.2. The number of hydrogen-bond acceptors (Lipinski definition) is 5. The van der Waals surface area contributed by atoms with Gasteiger partial charge in [-0.25, -0.2) is 0 Å². The molecule has 7 nitrogen and oxygen atoms in total. The maximum atomic E-state index is 5.71. The second kappa shape index (κ2) is 11.7. The van der Waals surface area contributed by atoms with Gasteiger partial charge in [-0.15, -0.1) is 0 Å². The van der Waals surface area contributed by atoms with E-state index in [1.807, 2.05) is 42.5 Å². The third-order valence-electron chi connectivity index (χ3n) is 4.06. The van der Waals surface area contributed by atoms with Crippen molar-refractivity contribution < 1.29 is 18.9 Å². The van der Waals surface area contributed by atoms with E-state index in [0.29, 0.717) is 30.7 Å². The lowest BCUT2D eigenvalue weighted by Crippen LogP contribution is -2.31. The summed E-state index contributed by atoms with van der Waals surface area (Å²) in [6, 6.07) is 13.5. The summed E-state index contributed by atoms with van der Waals surface area (Å²) in [5, 5.41) is 6.50. The van der Waals surface area contributed by atoms with E-state index in [0.717, 1.165) is 30.0 Å². The molecule has 152 valence electrons. The fourth-order valence-electron chi connectivity index (χ4n) is 2.52. The van der Waals surface area contributed by atoms with Crippen molar-refractivity contribution in [3.63, 3.8) is 0 Å². The van der Waals surface area contributed by atoms with Crippen LogP contribution in [0.25, 0.3) is 0 Å². The van der Waals surface area contributed by atoms with Crippen molar-refractivity contribution in [1.82, 2.24) is 5.32 Å². The van der Waals surface area contributed by atoms with Crippen molar-refractivity contribution >= 4 is 11.6 Å². The van der Waals surface area contributed by atoms with Gasteiger partial charge in [0.05, 0.1) is 27.9 Å². The average molecular weight is 387 g/mol. The molecule has 7 heteroatoms. The zero-order valence-electron chi connectivity index (χ0n) is 17.0. The first-order valence-electron chi connectivity index (χ1n) is 9.10. The Hall–Kier alpha value is -2.93. The van der Waals surface area contributed by atoms with Crippen LogP contribution in [0.3, 0.4) is 0 Å². The molecule has 2 aromatic carbocycles. The Bertz CT molecular complexity index is 748. The predicted molar refractivity (Wildman–Crippen MR) is 112 cm³/mol. The number of rotatable bonds is 10. The first-order chi connectivity index (χ1) is 13.7. The fourth-order valence-corrected chi connectivity index (χ4v) is 2.52. The van der Waals surface area contributed by atoms with Crippen molar-refractivity contribution in [2.24, 2.45) is 4.99 Å². The number of nitrogens with one attached hydrogen (secondary N) is 2. The maximum absolute atomic E-state index is 5.71. The smallest absolute Gasteiger partial charge is 0.195 e. The number of hydrogen-bond donors (Lipinski definition) is 2. The van der Waals surface area contributed by atoms with E-state index >= 15 is 0 Å². The molecule has 0 aliphatic carbocycles. The molecule has 28 heavy (non-hydrogen) atoms. The molecule has 0 spiro atoms. The molecule has 0 saturated carbocycles. The molecular formula is C21H29N3O4. The van der Waals surface area contributed by atoms with Crippen molar-refractivity contribution in [3.8, 4) is 17.2 Å². The van der Waals surface area contributed by atoms with E-state index in [9.17, 15) is 0 Å². The van der Waals surface area contributed by atoms with Crippen LogP contribution in [-0.4, -0.2) is 47.5 Å². The fraction of sp³-hybridized carbons (Fsp3) is 0.381. The third-order valence-corrected chi connectivity index (χ3v) is 4.06. The van der Waals surface area contributed by atoms with Gasteiger partial charge in [-0.2, -0.15) is 0 Å². The average Bonchev–Trinajstić information content (AvgIpc) is 2.75. The zero-order chi connectivity index (χ0) is 20.2. The summed E-state index contributed by atoms with van der Waals surface area (Å²) in [4.78, 5) is 4.23. The van der Waals surface area contributed by atoms with Gasteiger partial charge in [0.25, 0.3) is 0 Å². The van der Waals surface area contributed by atoms with Crippen molar-refractivity contribution in [2.45, 2.75) is 13.0 Å². The Labute approximate surface area is 166 Å². The molecule has 2 aromatic rings. The van der Waals surface area contributed by atoms with Crippen LogP contribution in [0.1, 0.15) is 12.0 Å². The molecule has 0 unspecified atom stereocenters. The van der Waals surface area contributed by atoms with E-state index in [1.165, 1.54) is 0 Å². The molecule has 0 fully saturated rings. The number of aliphatic imine (C=N–C) groups is 1. The molecule has 0 saturated heterocycles. The Balaban J connectivity index is 1.69. The van der Waals surface area contributed by atoms with Crippen LogP contribution in [0.5, 0.6) is 17.2 Å². The van der Waals surface area contributed by atoms with Gasteiger partial charge in [0, 0.05) is 32.0 Å². The minimum absolute atomic E-state index is 0.586. The minimum atomic E-state index is 0.586. The van der Waals surface area contributed by atoms with E-state index in [-0.39, 0.29) is 0 Å². The summed E-state index contributed by atoms with van der Waals surface area (Å²) in [6.07, 6.45) is 0.864. The highest BCUT2D eigenvalue weighted by atomic mass is 16.5. The second-order valence-corrected chi connectivity index (χ2v) is 5.95. The van der Waals surface area contributed by atoms with Crippen LogP contribution in [-0.2, 0) is 11.3 Å². The van der Waals surface area contributed by atoms with E-state index in [2.05, 4.69) is 15.6 Å². The summed E-state index contributed by atoms with van der Waals surface area (Å²) in [5.74, 6) is 2.88. The van der Waals surface area contributed by atoms with E-state index < -0.39 is 0 Å². The highest BCUT2D eigenvalue weighted by Crippen LogP contribution is 2.29. The van der Waals surface area contributed by atoms with Crippen LogP contribution in [0, 0.1) is 0 Å². The zero-order valence-corrected chi connectivity index (χ0v) is 17.0. The summed E-state index contributed by atoms with van der Waals surface area (Å²) >= 11 is 0. The summed E-state index contributed by atoms with van der Waals surface area (Å²) < 4.78 is 21.4. The van der Waals surface area contributed by atoms with Crippen LogP contribution in [0.2, 0.25) is 0 Å². The molecule has 0 amide bonds. The minimum Gasteiger partial charge on any atom is -0.497 e. The number of nitrogens with zero attached hydrogens (tertiary/aromatic N) is 1. The number of guanidine groups is 1. The van der Waals surface area contributed by atoms with Crippen LogP contribution >= 0.6 is 0 Å². The maximum Gasteiger partial charge on any atom is 0.195 e. The van der Waals surface area contributed by atoms with Crippen LogP contribution in [0.15, 0.2) is 47.5 Å². The quantitative estimate of drug-likeness (QED) is 0.370. The molecular weight excluding hydrogens is 358 g/mol. The Kier molecular flexibility index (Phi) is 8.94. The first kappa shape index (κ1) is 21.4. The monoisotopic (exact) mass is 387 g/mol. The molecule has 0 aliphatic heterocycles. The highest BCUT2D eigenvalue weighted by Gasteiger charge is 2.06. The van der Waals surface area contributed by atoms with Crippen molar-refractivity contribution in [3.05, 3.63) is 48.0 Å². The van der Waals surface area contributed by atoms with Gasteiger partial charge in [0.2, 0.25) is 0 Å². The standard InChI is InChI=1S/C21H29N3O4/c1-22-21(24-17-8-11-19(26-3)20(14-17)27-4)23-12-5-13-28-15-16-6-9-18(25-2)10-7-16/h6-11,14H,5,12-13,15H2,1-4H3,(H2,22,23,24). The molecule has 0 radical (unpaired) electrons. The van der Waals surface area contributed by atoms with Gasteiger partial charge in [-0.05, 0) is 36.2 Å². The van der Waals surface area contributed by atoms with Gasteiger partial charge >= 0.3 is 0 Å². The van der Waals surface area contributed by atoms with Crippen LogP contribution < -0.4 is 24.8 Å². The Morgan fingerprint density at radius 2 is 1.68 bits per heavy atom. The lowest BCUT2D eigenvalue weighted by molar-refractivity contribution is 0.119. The molecule has 0 heterocycles. The molecule has 0 bridgehead atoms. The molecule has 2 N–H and O–H groups in total. The number of benzene rings is 2. The van der Waals surface area contributed by atoms with Crippen molar-refractivity contribution in [1.29, 1.82) is 0 Å².